The van der Waals surface area contributed by atoms with Gasteiger partial charge < -0.3 is 14.2 Å². The Morgan fingerprint density at radius 1 is 1.00 bits per heavy atom. The average molecular weight is 541 g/mol. The van der Waals surface area contributed by atoms with Crippen LogP contribution in [-0.2, 0) is 16.2 Å². The van der Waals surface area contributed by atoms with Crippen molar-refractivity contribution in [1.82, 2.24) is 24.5 Å². The summed E-state index contributed by atoms with van der Waals surface area (Å²) in [5.74, 6) is -0.0922. The number of hydrogen-bond acceptors (Lipinski definition) is 8. The number of hydrogen-bond donors (Lipinski definition) is 1. The Balaban J connectivity index is 1.47. The Morgan fingerprint density at radius 2 is 1.78 bits per heavy atom. The van der Waals surface area contributed by atoms with E-state index < -0.39 is 32.5 Å². The van der Waals surface area contributed by atoms with Crippen molar-refractivity contribution in [3.05, 3.63) is 59.9 Å². The molecule has 1 N–H and O–H groups in total. The third-order valence-electron chi connectivity index (χ3n) is 5.09. The van der Waals surface area contributed by atoms with Gasteiger partial charge in [0.2, 0.25) is 15.9 Å². The van der Waals surface area contributed by atoms with Gasteiger partial charge >= 0.3 is 6.18 Å². The fraction of sp³-hybridized carbons (Fsp3) is 0.227. The third-order valence-corrected chi connectivity index (χ3v) is 6.54. The molecule has 0 fully saturated rings. The van der Waals surface area contributed by atoms with Crippen molar-refractivity contribution in [3.8, 4) is 28.8 Å². The fourth-order valence-corrected chi connectivity index (χ4v) is 4.34. The van der Waals surface area contributed by atoms with E-state index in [9.17, 15) is 26.0 Å². The van der Waals surface area contributed by atoms with Crippen molar-refractivity contribution in [2.75, 3.05) is 27.4 Å². The zero-order valence-electron chi connectivity index (χ0n) is 19.3. The smallest absolute Gasteiger partial charge is 0.419 e. The topological polar surface area (TPSA) is 117 Å². The molecule has 4 rings (SSSR count). The number of fused-ring (bicyclic) bond motifs is 1. The molecule has 10 nitrogen and oxygen atoms in total. The van der Waals surface area contributed by atoms with Gasteiger partial charge in [-0.3, -0.25) is 0 Å². The molecule has 15 heteroatoms. The first-order chi connectivity index (χ1) is 17.5. The molecule has 0 amide bonds. The summed E-state index contributed by atoms with van der Waals surface area (Å²) < 4.78 is 96.5. The molecule has 0 atom stereocenters. The molecule has 0 radical (unpaired) electrons. The largest absolute Gasteiger partial charge is 0.497 e. The lowest BCUT2D eigenvalue weighted by molar-refractivity contribution is -0.140. The van der Waals surface area contributed by atoms with E-state index in [-0.39, 0.29) is 25.1 Å². The second-order valence-corrected chi connectivity index (χ2v) is 9.18. The quantitative estimate of drug-likeness (QED) is 0.253. The van der Waals surface area contributed by atoms with Crippen LogP contribution in [0.25, 0.3) is 17.0 Å². The SMILES string of the molecule is COc1ccc(-c2nnc3ccc(OCCNS(=O)(=O)c4ccc(F)c(C(F)(F)F)c4)nn23)c(OC)c1. The van der Waals surface area contributed by atoms with Gasteiger partial charge in [0.15, 0.2) is 11.5 Å². The molecular formula is C22H19F4N5O5S. The molecule has 37 heavy (non-hydrogen) atoms. The molecular weight excluding hydrogens is 522 g/mol. The van der Waals surface area contributed by atoms with Crippen molar-refractivity contribution >= 4 is 15.7 Å². The van der Waals surface area contributed by atoms with E-state index >= 15 is 0 Å². The lowest BCUT2D eigenvalue weighted by Crippen LogP contribution is -2.28. The number of nitrogens with zero attached hydrogens (tertiary/aromatic N) is 4. The van der Waals surface area contributed by atoms with Crippen LogP contribution in [0.2, 0.25) is 0 Å². The molecule has 4 aromatic rings. The minimum Gasteiger partial charge on any atom is -0.497 e. The van der Waals surface area contributed by atoms with Gasteiger partial charge in [0.1, 0.15) is 23.9 Å². The molecule has 0 aliphatic heterocycles. The van der Waals surface area contributed by atoms with Gasteiger partial charge in [-0.2, -0.15) is 17.7 Å². The van der Waals surface area contributed by atoms with Crippen LogP contribution in [-0.4, -0.2) is 55.6 Å². The summed E-state index contributed by atoms with van der Waals surface area (Å²) in [5.41, 5.74) is -0.703. The van der Waals surface area contributed by atoms with Gasteiger partial charge in [-0.25, -0.2) is 17.5 Å². The number of aromatic nitrogens is 4. The predicted octanol–water partition coefficient (Wildman–Crippen LogP) is 3.32. The number of alkyl halides is 3. The summed E-state index contributed by atoms with van der Waals surface area (Å²) in [6.07, 6.45) is -5.04. The van der Waals surface area contributed by atoms with Crippen molar-refractivity contribution in [2.24, 2.45) is 0 Å². The van der Waals surface area contributed by atoms with Crippen molar-refractivity contribution in [3.63, 3.8) is 0 Å². The second-order valence-electron chi connectivity index (χ2n) is 7.42. The Morgan fingerprint density at radius 3 is 2.49 bits per heavy atom. The number of benzene rings is 2. The highest BCUT2D eigenvalue weighted by Gasteiger charge is 2.35. The van der Waals surface area contributed by atoms with Crippen LogP contribution in [0.5, 0.6) is 17.4 Å². The first-order valence-electron chi connectivity index (χ1n) is 10.5. The van der Waals surface area contributed by atoms with Gasteiger partial charge in [-0.1, -0.05) is 0 Å². The number of sulfonamides is 1. The van der Waals surface area contributed by atoms with Crippen LogP contribution < -0.4 is 18.9 Å². The molecule has 0 unspecified atom stereocenters. The molecule has 0 saturated heterocycles. The number of methoxy groups -OCH3 is 2. The highest BCUT2D eigenvalue weighted by molar-refractivity contribution is 7.89. The highest BCUT2D eigenvalue weighted by Crippen LogP contribution is 2.33. The normalized spacial score (nSPS) is 12.1. The van der Waals surface area contributed by atoms with E-state index in [1.54, 1.807) is 24.3 Å². The summed E-state index contributed by atoms with van der Waals surface area (Å²) in [4.78, 5) is -0.733. The molecule has 0 aliphatic rings. The van der Waals surface area contributed by atoms with Gasteiger partial charge in [0, 0.05) is 18.7 Å². The van der Waals surface area contributed by atoms with Gasteiger partial charge in [0.05, 0.1) is 30.2 Å². The van der Waals surface area contributed by atoms with Crippen molar-refractivity contribution in [2.45, 2.75) is 11.1 Å². The van der Waals surface area contributed by atoms with Crippen LogP contribution in [0, 0.1) is 5.82 Å². The summed E-state index contributed by atoms with van der Waals surface area (Å²) >= 11 is 0. The Kier molecular flexibility index (Phi) is 7.18. The Bertz CT molecular complexity index is 1540. The van der Waals surface area contributed by atoms with Crippen LogP contribution in [0.3, 0.4) is 0 Å². The molecule has 196 valence electrons. The summed E-state index contributed by atoms with van der Waals surface area (Å²) in [6.45, 7) is -0.517. The number of ether oxygens (including phenoxy) is 3. The third kappa shape index (κ3) is 5.56. The van der Waals surface area contributed by atoms with Crippen LogP contribution in [0.4, 0.5) is 17.6 Å². The van der Waals surface area contributed by atoms with E-state index in [0.717, 1.165) is 6.07 Å². The maximum absolute atomic E-state index is 13.5. The lowest BCUT2D eigenvalue weighted by atomic mass is 10.2. The molecule has 0 aliphatic carbocycles. The molecule has 0 spiro atoms. The lowest BCUT2D eigenvalue weighted by Gasteiger charge is -2.12. The minimum atomic E-state index is -5.04. The molecule has 2 heterocycles. The predicted molar refractivity (Wildman–Crippen MR) is 121 cm³/mol. The summed E-state index contributed by atoms with van der Waals surface area (Å²) in [7, 11) is -1.36. The maximum atomic E-state index is 13.5. The standard InChI is InChI=1S/C22H19F4N5O5S/c1-34-13-3-5-15(18(11-13)35-2)21-29-28-19-7-8-20(30-31(19)21)36-10-9-27-37(32,33)14-4-6-17(23)16(12-14)22(24,25)26/h3-8,11-12,27H,9-10H2,1-2H3. The first-order valence-corrected chi connectivity index (χ1v) is 12.0. The van der Waals surface area contributed by atoms with E-state index in [4.69, 9.17) is 14.2 Å². The zero-order chi connectivity index (χ0) is 26.8. The maximum Gasteiger partial charge on any atom is 0.419 e. The van der Waals surface area contributed by atoms with E-state index in [1.165, 1.54) is 24.8 Å². The molecule has 0 saturated carbocycles. The highest BCUT2D eigenvalue weighted by atomic mass is 32.2. The average Bonchev–Trinajstić information content (AvgIpc) is 3.28. The van der Waals surface area contributed by atoms with Gasteiger partial charge in [-0.05, 0) is 36.4 Å². The van der Waals surface area contributed by atoms with E-state index in [2.05, 4.69) is 20.0 Å². The fourth-order valence-electron chi connectivity index (χ4n) is 3.30. The van der Waals surface area contributed by atoms with Crippen molar-refractivity contribution < 1.29 is 40.2 Å². The zero-order valence-corrected chi connectivity index (χ0v) is 20.1. The van der Waals surface area contributed by atoms with Crippen LogP contribution in [0.1, 0.15) is 5.56 Å². The second kappa shape index (κ2) is 10.2. The van der Waals surface area contributed by atoms with Crippen molar-refractivity contribution in [1.29, 1.82) is 0 Å². The molecule has 0 bridgehead atoms. The number of halogens is 4. The Hall–Kier alpha value is -3.98. The first kappa shape index (κ1) is 26.1. The summed E-state index contributed by atoms with van der Waals surface area (Å²) in [6, 6.07) is 9.59. The monoisotopic (exact) mass is 541 g/mol. The van der Waals surface area contributed by atoms with E-state index in [0.29, 0.717) is 34.6 Å². The summed E-state index contributed by atoms with van der Waals surface area (Å²) in [5, 5.41) is 12.5. The number of nitrogens with one attached hydrogen (secondary N) is 1. The Labute approximate surface area is 207 Å². The van der Waals surface area contributed by atoms with E-state index in [1.807, 2.05) is 0 Å². The molecule has 2 aromatic heterocycles. The van der Waals surface area contributed by atoms with Gasteiger partial charge in [0.25, 0.3) is 0 Å². The van der Waals surface area contributed by atoms with Gasteiger partial charge in [-0.15, -0.1) is 15.3 Å². The molecule has 2 aromatic carbocycles. The minimum absolute atomic E-state index is 0.0985. The van der Waals surface area contributed by atoms with Crippen LogP contribution >= 0.6 is 0 Å². The van der Waals surface area contributed by atoms with Crippen LogP contribution in [0.15, 0.2) is 53.4 Å². The number of rotatable bonds is 9.